The number of benzene rings is 2. The predicted octanol–water partition coefficient (Wildman–Crippen LogP) is 4.36. The third-order valence-corrected chi connectivity index (χ3v) is 3.73. The zero-order valence-electron chi connectivity index (χ0n) is 12.5. The van der Waals surface area contributed by atoms with E-state index in [2.05, 4.69) is 38.1 Å². The van der Waals surface area contributed by atoms with Gasteiger partial charge in [-0.3, -0.25) is 0 Å². The molecular formula is C18H20O3. The fraction of sp³-hybridized carbons (Fsp3) is 0.333. The summed E-state index contributed by atoms with van der Waals surface area (Å²) in [6.45, 7) is 5.28. The maximum Gasteiger partial charge on any atom is 0.231 e. The topological polar surface area (TPSA) is 27.7 Å². The molecule has 0 saturated heterocycles. The third-order valence-electron chi connectivity index (χ3n) is 3.73. The Hall–Kier alpha value is -2.16. The van der Waals surface area contributed by atoms with E-state index < -0.39 is 0 Å². The smallest absolute Gasteiger partial charge is 0.231 e. The van der Waals surface area contributed by atoms with E-state index in [0.717, 1.165) is 29.2 Å². The molecule has 0 aliphatic carbocycles. The molecule has 1 aliphatic rings. The molecule has 0 saturated carbocycles. The highest BCUT2D eigenvalue weighted by Crippen LogP contribution is 2.42. The van der Waals surface area contributed by atoms with Crippen LogP contribution in [0.25, 0.3) is 0 Å². The Bertz CT molecular complexity index is 607. The van der Waals surface area contributed by atoms with Crippen LogP contribution >= 0.6 is 0 Å². The minimum absolute atomic E-state index is 0.243. The molecular weight excluding hydrogens is 264 g/mol. The minimum atomic E-state index is 0.243. The van der Waals surface area contributed by atoms with Crippen LogP contribution in [-0.4, -0.2) is 13.4 Å². The molecule has 3 nitrogen and oxygen atoms in total. The molecule has 2 aromatic carbocycles. The van der Waals surface area contributed by atoms with Crippen molar-refractivity contribution in [2.45, 2.75) is 26.2 Å². The molecule has 0 fully saturated rings. The first-order valence-electron chi connectivity index (χ1n) is 7.41. The second kappa shape index (κ2) is 6.08. The number of ether oxygens (including phenoxy) is 3. The van der Waals surface area contributed by atoms with Gasteiger partial charge in [0, 0.05) is 17.5 Å². The van der Waals surface area contributed by atoms with E-state index in [1.807, 2.05) is 18.2 Å². The van der Waals surface area contributed by atoms with Crippen LogP contribution in [0.5, 0.6) is 17.2 Å². The van der Waals surface area contributed by atoms with Crippen LogP contribution < -0.4 is 14.2 Å². The molecule has 110 valence electrons. The minimum Gasteiger partial charge on any atom is -0.493 e. The Kier molecular flexibility index (Phi) is 4.00. The lowest BCUT2D eigenvalue weighted by Gasteiger charge is -2.18. The molecule has 1 aliphatic heterocycles. The van der Waals surface area contributed by atoms with Crippen LogP contribution in [0, 0.1) is 0 Å². The highest BCUT2D eigenvalue weighted by atomic mass is 16.7. The molecule has 0 unspecified atom stereocenters. The Labute approximate surface area is 125 Å². The van der Waals surface area contributed by atoms with Crippen molar-refractivity contribution in [3.05, 3.63) is 53.6 Å². The summed E-state index contributed by atoms with van der Waals surface area (Å²) >= 11 is 0. The van der Waals surface area contributed by atoms with E-state index >= 15 is 0 Å². The van der Waals surface area contributed by atoms with Crippen LogP contribution in [-0.2, 0) is 0 Å². The molecule has 3 rings (SSSR count). The molecule has 2 aromatic rings. The van der Waals surface area contributed by atoms with E-state index in [1.54, 1.807) is 0 Å². The third kappa shape index (κ3) is 2.82. The van der Waals surface area contributed by atoms with Gasteiger partial charge in [-0.2, -0.15) is 0 Å². The van der Waals surface area contributed by atoms with Crippen molar-refractivity contribution in [1.82, 2.24) is 0 Å². The summed E-state index contributed by atoms with van der Waals surface area (Å²) in [5, 5.41) is 0. The van der Waals surface area contributed by atoms with Gasteiger partial charge in [0.15, 0.2) is 11.5 Å². The van der Waals surface area contributed by atoms with Gasteiger partial charge in [0.25, 0.3) is 0 Å². The van der Waals surface area contributed by atoms with Crippen LogP contribution in [0.4, 0.5) is 0 Å². The molecule has 0 radical (unpaired) electrons. The van der Waals surface area contributed by atoms with Crippen molar-refractivity contribution in [1.29, 1.82) is 0 Å². The van der Waals surface area contributed by atoms with Crippen molar-refractivity contribution < 1.29 is 14.2 Å². The second-order valence-corrected chi connectivity index (χ2v) is 5.22. The Morgan fingerprint density at radius 3 is 2.52 bits per heavy atom. The molecule has 0 bridgehead atoms. The molecule has 21 heavy (non-hydrogen) atoms. The quantitative estimate of drug-likeness (QED) is 0.816. The zero-order chi connectivity index (χ0) is 14.7. The Balaban J connectivity index is 1.99. The van der Waals surface area contributed by atoms with Gasteiger partial charge in [-0.05, 0) is 18.1 Å². The summed E-state index contributed by atoms with van der Waals surface area (Å²) in [5.74, 6) is 2.70. The SMILES string of the molecule is CCCOc1cc2c(cc1[C@@H](C)c1ccccc1)OCO2. The largest absolute Gasteiger partial charge is 0.493 e. The highest BCUT2D eigenvalue weighted by Gasteiger charge is 2.21. The highest BCUT2D eigenvalue weighted by molar-refractivity contribution is 5.54. The number of hydrogen-bond donors (Lipinski definition) is 0. The van der Waals surface area contributed by atoms with Gasteiger partial charge in [-0.25, -0.2) is 0 Å². The van der Waals surface area contributed by atoms with Gasteiger partial charge in [0.2, 0.25) is 6.79 Å². The van der Waals surface area contributed by atoms with Crippen LogP contribution in [0.2, 0.25) is 0 Å². The standard InChI is InChI=1S/C18H20O3/c1-3-9-19-16-11-18-17(20-12-21-18)10-15(16)13(2)14-7-5-4-6-8-14/h4-8,10-11,13H,3,9,12H2,1-2H3/t13-/m0/s1. The van der Waals surface area contributed by atoms with E-state index in [1.165, 1.54) is 5.56 Å². The lowest BCUT2D eigenvalue weighted by molar-refractivity contribution is 0.173. The molecule has 3 heteroatoms. The van der Waals surface area contributed by atoms with Crippen LogP contribution in [0.15, 0.2) is 42.5 Å². The Morgan fingerprint density at radius 1 is 1.10 bits per heavy atom. The second-order valence-electron chi connectivity index (χ2n) is 5.22. The van der Waals surface area contributed by atoms with Crippen LogP contribution in [0.3, 0.4) is 0 Å². The summed E-state index contributed by atoms with van der Waals surface area (Å²) in [4.78, 5) is 0. The maximum absolute atomic E-state index is 5.92. The summed E-state index contributed by atoms with van der Waals surface area (Å²) in [7, 11) is 0. The van der Waals surface area contributed by atoms with Crippen molar-refractivity contribution in [3.8, 4) is 17.2 Å². The normalized spacial score (nSPS) is 14.0. The fourth-order valence-corrected chi connectivity index (χ4v) is 2.54. The number of rotatable bonds is 5. The zero-order valence-corrected chi connectivity index (χ0v) is 12.5. The lowest BCUT2D eigenvalue weighted by Crippen LogP contribution is -2.03. The van der Waals surface area contributed by atoms with Crippen molar-refractivity contribution in [2.24, 2.45) is 0 Å². The Morgan fingerprint density at radius 2 is 1.81 bits per heavy atom. The van der Waals surface area contributed by atoms with Crippen molar-refractivity contribution in [2.75, 3.05) is 13.4 Å². The first kappa shape index (κ1) is 13.8. The predicted molar refractivity (Wildman–Crippen MR) is 82.3 cm³/mol. The summed E-state index contributed by atoms with van der Waals surface area (Å²) in [6, 6.07) is 14.4. The summed E-state index contributed by atoms with van der Waals surface area (Å²) in [6.07, 6.45) is 0.980. The first-order chi connectivity index (χ1) is 10.3. The van der Waals surface area contributed by atoms with Gasteiger partial charge >= 0.3 is 0 Å². The fourth-order valence-electron chi connectivity index (χ4n) is 2.54. The van der Waals surface area contributed by atoms with Crippen molar-refractivity contribution in [3.63, 3.8) is 0 Å². The van der Waals surface area contributed by atoms with Gasteiger partial charge in [0.1, 0.15) is 5.75 Å². The van der Waals surface area contributed by atoms with Gasteiger partial charge in [-0.15, -0.1) is 0 Å². The molecule has 1 atom stereocenters. The average Bonchev–Trinajstić information content (AvgIpc) is 2.99. The maximum atomic E-state index is 5.92. The van der Waals surface area contributed by atoms with E-state index in [-0.39, 0.29) is 12.7 Å². The molecule has 1 heterocycles. The van der Waals surface area contributed by atoms with Gasteiger partial charge in [0.05, 0.1) is 6.61 Å². The summed E-state index contributed by atoms with van der Waals surface area (Å²) in [5.41, 5.74) is 2.40. The van der Waals surface area contributed by atoms with E-state index in [0.29, 0.717) is 6.61 Å². The van der Waals surface area contributed by atoms with Crippen LogP contribution in [0.1, 0.15) is 37.3 Å². The van der Waals surface area contributed by atoms with E-state index in [9.17, 15) is 0 Å². The van der Waals surface area contributed by atoms with Crippen molar-refractivity contribution >= 4 is 0 Å². The number of hydrogen-bond acceptors (Lipinski definition) is 3. The lowest BCUT2D eigenvalue weighted by atomic mass is 9.92. The molecule has 0 N–H and O–H groups in total. The number of fused-ring (bicyclic) bond motifs is 1. The monoisotopic (exact) mass is 284 g/mol. The molecule has 0 spiro atoms. The van der Waals surface area contributed by atoms with Gasteiger partial charge in [-0.1, -0.05) is 44.2 Å². The summed E-state index contributed by atoms with van der Waals surface area (Å²) < 4.78 is 16.9. The average molecular weight is 284 g/mol. The molecule has 0 amide bonds. The van der Waals surface area contributed by atoms with Gasteiger partial charge < -0.3 is 14.2 Å². The molecule has 0 aromatic heterocycles. The first-order valence-corrected chi connectivity index (χ1v) is 7.41. The van der Waals surface area contributed by atoms with E-state index in [4.69, 9.17) is 14.2 Å².